The summed E-state index contributed by atoms with van der Waals surface area (Å²) in [5.74, 6) is -0.436. The van der Waals surface area contributed by atoms with E-state index < -0.39 is 5.97 Å². The van der Waals surface area contributed by atoms with Gasteiger partial charge in [-0.1, -0.05) is 12.1 Å². The van der Waals surface area contributed by atoms with Crippen molar-refractivity contribution >= 4 is 16.9 Å². The van der Waals surface area contributed by atoms with Gasteiger partial charge in [-0.05, 0) is 19.1 Å². The molecule has 0 saturated heterocycles. The summed E-state index contributed by atoms with van der Waals surface area (Å²) in [5.41, 5.74) is 0.425. The van der Waals surface area contributed by atoms with E-state index in [-0.39, 0.29) is 24.4 Å². The number of nitrogens with zero attached hydrogens (tertiary/aromatic N) is 2. The number of carboxylic acid groups (broad SMARTS) is 1. The zero-order valence-electron chi connectivity index (χ0n) is 12.1. The third-order valence-corrected chi connectivity index (χ3v) is 3.29. The number of hydrogen-bond donors (Lipinski definition) is 1. The van der Waals surface area contributed by atoms with Gasteiger partial charge in [0.1, 0.15) is 5.82 Å². The normalized spacial score (nSPS) is 12.5. The lowest BCUT2D eigenvalue weighted by molar-refractivity contribution is -0.137. The van der Waals surface area contributed by atoms with Crippen LogP contribution in [-0.2, 0) is 16.0 Å². The fourth-order valence-electron chi connectivity index (χ4n) is 2.36. The molecule has 0 aliphatic rings. The molecular weight excluding hydrogens is 272 g/mol. The number of ether oxygens (including phenoxy) is 1. The van der Waals surface area contributed by atoms with Crippen molar-refractivity contribution in [1.82, 2.24) is 9.55 Å². The van der Waals surface area contributed by atoms with Gasteiger partial charge < -0.3 is 9.84 Å². The summed E-state index contributed by atoms with van der Waals surface area (Å²) in [7, 11) is 1.56. The minimum absolute atomic E-state index is 0.0650. The molecular formula is C15H18N2O4. The van der Waals surface area contributed by atoms with E-state index in [1.807, 2.05) is 6.92 Å². The second kappa shape index (κ2) is 6.49. The van der Waals surface area contributed by atoms with Crippen LogP contribution in [0.2, 0.25) is 0 Å². The maximum Gasteiger partial charge on any atom is 0.303 e. The van der Waals surface area contributed by atoms with E-state index in [4.69, 9.17) is 9.84 Å². The van der Waals surface area contributed by atoms with Gasteiger partial charge in [-0.2, -0.15) is 0 Å². The SMILES string of the molecule is COCC(C)n1c(CCC(=O)O)nc2ccccc2c1=O. The molecule has 0 saturated carbocycles. The Bertz CT molecular complexity index is 708. The highest BCUT2D eigenvalue weighted by atomic mass is 16.5. The van der Waals surface area contributed by atoms with E-state index >= 15 is 0 Å². The number of aromatic nitrogens is 2. The zero-order valence-corrected chi connectivity index (χ0v) is 12.1. The van der Waals surface area contributed by atoms with Gasteiger partial charge in [0.25, 0.3) is 5.56 Å². The van der Waals surface area contributed by atoms with Gasteiger partial charge >= 0.3 is 5.97 Å². The molecule has 1 aromatic heterocycles. The molecule has 21 heavy (non-hydrogen) atoms. The van der Waals surface area contributed by atoms with Crippen LogP contribution >= 0.6 is 0 Å². The van der Waals surface area contributed by atoms with Gasteiger partial charge in [0, 0.05) is 13.5 Å². The molecule has 2 aromatic rings. The second-order valence-corrected chi connectivity index (χ2v) is 4.92. The molecule has 0 bridgehead atoms. The Morgan fingerprint density at radius 3 is 2.81 bits per heavy atom. The molecule has 6 nitrogen and oxygen atoms in total. The first-order valence-corrected chi connectivity index (χ1v) is 6.75. The van der Waals surface area contributed by atoms with E-state index in [1.165, 1.54) is 4.57 Å². The van der Waals surface area contributed by atoms with Crippen LogP contribution in [0.3, 0.4) is 0 Å². The van der Waals surface area contributed by atoms with E-state index in [9.17, 15) is 9.59 Å². The van der Waals surface area contributed by atoms with E-state index in [2.05, 4.69) is 4.98 Å². The van der Waals surface area contributed by atoms with Gasteiger partial charge in [0.15, 0.2) is 0 Å². The summed E-state index contributed by atoms with van der Waals surface area (Å²) in [5, 5.41) is 9.38. The Kier molecular flexibility index (Phi) is 4.70. The predicted molar refractivity (Wildman–Crippen MR) is 78.5 cm³/mol. The van der Waals surface area contributed by atoms with Gasteiger partial charge in [0.2, 0.25) is 0 Å². The molecule has 6 heteroatoms. The first-order valence-electron chi connectivity index (χ1n) is 6.75. The summed E-state index contributed by atoms with van der Waals surface area (Å²) in [6.45, 7) is 2.21. The number of hydrogen-bond acceptors (Lipinski definition) is 4. The maximum absolute atomic E-state index is 12.6. The molecule has 0 spiro atoms. The van der Waals surface area contributed by atoms with Crippen molar-refractivity contribution in [2.75, 3.05) is 13.7 Å². The minimum atomic E-state index is -0.914. The summed E-state index contributed by atoms with van der Waals surface area (Å²) < 4.78 is 6.64. The highest BCUT2D eigenvalue weighted by Crippen LogP contribution is 2.13. The fourth-order valence-corrected chi connectivity index (χ4v) is 2.36. The summed E-state index contributed by atoms with van der Waals surface area (Å²) in [4.78, 5) is 27.9. The van der Waals surface area contributed by atoms with Crippen LogP contribution in [0, 0.1) is 0 Å². The summed E-state index contributed by atoms with van der Waals surface area (Å²) in [6, 6.07) is 6.86. The largest absolute Gasteiger partial charge is 0.481 e. The molecule has 0 aliphatic heterocycles. The average molecular weight is 290 g/mol. The van der Waals surface area contributed by atoms with Gasteiger partial charge in [-0.25, -0.2) is 4.98 Å². The molecule has 112 valence electrons. The Morgan fingerprint density at radius 1 is 1.43 bits per heavy atom. The lowest BCUT2D eigenvalue weighted by Crippen LogP contribution is -2.30. The van der Waals surface area contributed by atoms with Crippen LogP contribution in [0.1, 0.15) is 25.2 Å². The van der Waals surface area contributed by atoms with Crippen LogP contribution in [0.15, 0.2) is 29.1 Å². The predicted octanol–water partition coefficient (Wildman–Crippen LogP) is 1.62. The molecule has 0 aliphatic carbocycles. The Labute approximate surface area is 122 Å². The van der Waals surface area contributed by atoms with Gasteiger partial charge in [-0.3, -0.25) is 14.2 Å². The number of methoxy groups -OCH3 is 1. The van der Waals surface area contributed by atoms with Crippen LogP contribution in [-0.4, -0.2) is 34.3 Å². The highest BCUT2D eigenvalue weighted by molar-refractivity contribution is 5.77. The zero-order chi connectivity index (χ0) is 15.4. The monoisotopic (exact) mass is 290 g/mol. The molecule has 2 rings (SSSR count). The quantitative estimate of drug-likeness (QED) is 0.874. The van der Waals surface area contributed by atoms with Crippen molar-refractivity contribution < 1.29 is 14.6 Å². The van der Waals surface area contributed by atoms with Crippen molar-refractivity contribution in [2.24, 2.45) is 0 Å². The smallest absolute Gasteiger partial charge is 0.303 e. The molecule has 1 heterocycles. The number of benzene rings is 1. The van der Waals surface area contributed by atoms with Crippen LogP contribution < -0.4 is 5.56 Å². The molecule has 1 atom stereocenters. The third kappa shape index (κ3) is 3.28. The van der Waals surface area contributed by atoms with Crippen LogP contribution in [0.4, 0.5) is 0 Å². The number of aliphatic carboxylic acids is 1. The maximum atomic E-state index is 12.6. The van der Waals surface area contributed by atoms with Crippen molar-refractivity contribution in [3.05, 3.63) is 40.4 Å². The Hall–Kier alpha value is -2.21. The Balaban J connectivity index is 2.59. The Morgan fingerprint density at radius 2 is 2.14 bits per heavy atom. The third-order valence-electron chi connectivity index (χ3n) is 3.29. The molecule has 0 fully saturated rings. The summed E-state index contributed by atoms with van der Waals surface area (Å²) >= 11 is 0. The minimum Gasteiger partial charge on any atom is -0.481 e. The number of fused-ring (bicyclic) bond motifs is 1. The lowest BCUT2D eigenvalue weighted by Gasteiger charge is -2.19. The van der Waals surface area contributed by atoms with Crippen LogP contribution in [0.5, 0.6) is 0 Å². The van der Waals surface area contributed by atoms with Crippen LogP contribution in [0.25, 0.3) is 10.9 Å². The molecule has 1 unspecified atom stereocenters. The molecule has 0 amide bonds. The molecule has 1 N–H and O–H groups in total. The fraction of sp³-hybridized carbons (Fsp3) is 0.400. The standard InChI is InChI=1S/C15H18N2O4/c1-10(9-21-2)17-13(7-8-14(18)19)16-12-6-4-3-5-11(12)15(17)20/h3-6,10H,7-9H2,1-2H3,(H,18,19). The highest BCUT2D eigenvalue weighted by Gasteiger charge is 2.16. The number of carbonyl (C=O) groups is 1. The van der Waals surface area contributed by atoms with Crippen molar-refractivity contribution in [1.29, 1.82) is 0 Å². The van der Waals surface area contributed by atoms with Crippen molar-refractivity contribution in [2.45, 2.75) is 25.8 Å². The number of rotatable bonds is 6. The first kappa shape index (κ1) is 15.2. The van der Waals surface area contributed by atoms with E-state index in [0.29, 0.717) is 23.3 Å². The first-order chi connectivity index (χ1) is 10.0. The lowest BCUT2D eigenvalue weighted by atomic mass is 10.2. The summed E-state index contributed by atoms with van der Waals surface area (Å²) in [6.07, 6.45) is 0.147. The van der Waals surface area contributed by atoms with E-state index in [1.54, 1.807) is 31.4 Å². The average Bonchev–Trinajstić information content (AvgIpc) is 2.45. The molecule has 0 radical (unpaired) electrons. The number of para-hydroxylation sites is 1. The van der Waals surface area contributed by atoms with Crippen molar-refractivity contribution in [3.8, 4) is 0 Å². The van der Waals surface area contributed by atoms with Gasteiger partial charge in [0.05, 0.1) is 30.0 Å². The van der Waals surface area contributed by atoms with E-state index in [0.717, 1.165) is 0 Å². The number of aryl methyl sites for hydroxylation is 1. The number of carboxylic acids is 1. The van der Waals surface area contributed by atoms with Gasteiger partial charge in [-0.15, -0.1) is 0 Å². The second-order valence-electron chi connectivity index (χ2n) is 4.92. The van der Waals surface area contributed by atoms with Crippen molar-refractivity contribution in [3.63, 3.8) is 0 Å². The topological polar surface area (TPSA) is 81.4 Å². The molecule has 1 aromatic carbocycles.